The molecule has 0 radical (unpaired) electrons. The van der Waals surface area contributed by atoms with Crippen LogP contribution < -0.4 is 10.1 Å². The van der Waals surface area contributed by atoms with Crippen molar-refractivity contribution in [2.45, 2.75) is 39.8 Å². The number of rotatable bonds is 7. The van der Waals surface area contributed by atoms with Crippen molar-refractivity contribution < 1.29 is 9.15 Å². The Kier molecular flexibility index (Phi) is 5.24. The largest absolute Gasteiger partial charge is 0.492 e. The van der Waals surface area contributed by atoms with E-state index >= 15 is 0 Å². The summed E-state index contributed by atoms with van der Waals surface area (Å²) in [6.07, 6.45) is 0.937. The highest BCUT2D eigenvalue weighted by molar-refractivity contribution is 5.26. The van der Waals surface area contributed by atoms with E-state index in [2.05, 4.69) is 38.2 Å². The molecular formula is C17H23NO2. The van der Waals surface area contributed by atoms with Crippen molar-refractivity contribution in [1.29, 1.82) is 0 Å². The van der Waals surface area contributed by atoms with Crippen molar-refractivity contribution in [3.05, 3.63) is 53.5 Å². The summed E-state index contributed by atoms with van der Waals surface area (Å²) in [6, 6.07) is 12.4. The number of nitrogens with one attached hydrogen (secondary N) is 1. The average Bonchev–Trinajstić information content (AvgIpc) is 2.92. The van der Waals surface area contributed by atoms with Crippen molar-refractivity contribution >= 4 is 0 Å². The number of hydrogen-bond acceptors (Lipinski definition) is 3. The van der Waals surface area contributed by atoms with Gasteiger partial charge in [0.25, 0.3) is 0 Å². The molecule has 2 rings (SSSR count). The summed E-state index contributed by atoms with van der Waals surface area (Å²) in [7, 11) is 0. The second-order valence-corrected chi connectivity index (χ2v) is 5.13. The van der Waals surface area contributed by atoms with E-state index in [9.17, 15) is 0 Å². The van der Waals surface area contributed by atoms with E-state index in [1.54, 1.807) is 0 Å². The van der Waals surface area contributed by atoms with Gasteiger partial charge in [0.05, 0.1) is 6.54 Å². The van der Waals surface area contributed by atoms with Crippen LogP contribution in [0.25, 0.3) is 0 Å². The Labute approximate surface area is 121 Å². The molecule has 20 heavy (non-hydrogen) atoms. The SMILES string of the molecule is CCc1ccc(CNC(C)COc2ccc(C)cc2)o1. The number of aryl methyl sites for hydroxylation is 2. The monoisotopic (exact) mass is 273 g/mol. The van der Waals surface area contributed by atoms with Crippen LogP contribution in [0, 0.1) is 6.92 Å². The summed E-state index contributed by atoms with van der Waals surface area (Å²) in [5.74, 6) is 2.92. The van der Waals surface area contributed by atoms with Crippen LogP contribution in [0.4, 0.5) is 0 Å². The van der Waals surface area contributed by atoms with Crippen molar-refractivity contribution in [2.24, 2.45) is 0 Å². The quantitative estimate of drug-likeness (QED) is 0.835. The molecule has 1 aromatic heterocycles. The Morgan fingerprint density at radius 3 is 2.45 bits per heavy atom. The molecule has 108 valence electrons. The summed E-state index contributed by atoms with van der Waals surface area (Å²) >= 11 is 0. The number of furan rings is 1. The van der Waals surface area contributed by atoms with Gasteiger partial charge in [-0.05, 0) is 38.1 Å². The van der Waals surface area contributed by atoms with Crippen molar-refractivity contribution in [3.63, 3.8) is 0 Å². The third kappa shape index (κ3) is 4.42. The Bertz CT molecular complexity index is 516. The molecule has 0 aliphatic heterocycles. The van der Waals surface area contributed by atoms with E-state index in [1.807, 2.05) is 24.3 Å². The maximum absolute atomic E-state index is 5.74. The van der Waals surface area contributed by atoms with Crippen LogP contribution in [0.3, 0.4) is 0 Å². The molecule has 0 saturated heterocycles. The van der Waals surface area contributed by atoms with E-state index in [-0.39, 0.29) is 6.04 Å². The average molecular weight is 273 g/mol. The number of ether oxygens (including phenoxy) is 1. The van der Waals surface area contributed by atoms with Crippen LogP contribution in [0.5, 0.6) is 5.75 Å². The second kappa shape index (κ2) is 7.15. The lowest BCUT2D eigenvalue weighted by Gasteiger charge is -2.14. The molecule has 0 spiro atoms. The van der Waals surface area contributed by atoms with Crippen LogP contribution >= 0.6 is 0 Å². The first-order valence-corrected chi connectivity index (χ1v) is 7.18. The Balaban J connectivity index is 1.72. The molecule has 0 fully saturated rings. The molecule has 1 atom stereocenters. The summed E-state index contributed by atoms with van der Waals surface area (Å²) < 4.78 is 11.4. The van der Waals surface area contributed by atoms with Gasteiger partial charge in [-0.15, -0.1) is 0 Å². The van der Waals surface area contributed by atoms with Gasteiger partial charge >= 0.3 is 0 Å². The lowest BCUT2D eigenvalue weighted by atomic mass is 10.2. The lowest BCUT2D eigenvalue weighted by molar-refractivity contribution is 0.269. The predicted octanol–water partition coefficient (Wildman–Crippen LogP) is 3.71. The smallest absolute Gasteiger partial charge is 0.119 e. The topological polar surface area (TPSA) is 34.4 Å². The van der Waals surface area contributed by atoms with E-state index in [1.165, 1.54) is 5.56 Å². The summed E-state index contributed by atoms with van der Waals surface area (Å²) in [5.41, 5.74) is 1.24. The Hall–Kier alpha value is -1.74. The lowest BCUT2D eigenvalue weighted by Crippen LogP contribution is -2.31. The minimum Gasteiger partial charge on any atom is -0.492 e. The molecule has 3 heteroatoms. The van der Waals surface area contributed by atoms with Gasteiger partial charge in [0.2, 0.25) is 0 Å². The first-order valence-electron chi connectivity index (χ1n) is 7.18. The fraction of sp³-hybridized carbons (Fsp3) is 0.412. The molecule has 0 aliphatic rings. The van der Waals surface area contributed by atoms with Gasteiger partial charge in [0.1, 0.15) is 23.9 Å². The van der Waals surface area contributed by atoms with E-state index in [0.717, 1.165) is 30.2 Å². The van der Waals surface area contributed by atoms with E-state index in [0.29, 0.717) is 6.61 Å². The van der Waals surface area contributed by atoms with Gasteiger partial charge in [-0.25, -0.2) is 0 Å². The van der Waals surface area contributed by atoms with E-state index < -0.39 is 0 Å². The fourth-order valence-corrected chi connectivity index (χ4v) is 1.90. The Morgan fingerprint density at radius 2 is 1.80 bits per heavy atom. The molecular weight excluding hydrogens is 250 g/mol. The highest BCUT2D eigenvalue weighted by Crippen LogP contribution is 2.12. The molecule has 2 aromatic rings. The Morgan fingerprint density at radius 1 is 1.10 bits per heavy atom. The van der Waals surface area contributed by atoms with Crippen LogP contribution in [0.15, 0.2) is 40.8 Å². The highest BCUT2D eigenvalue weighted by atomic mass is 16.5. The molecule has 1 N–H and O–H groups in total. The summed E-state index contributed by atoms with van der Waals surface area (Å²) in [4.78, 5) is 0. The first kappa shape index (κ1) is 14.7. The van der Waals surface area contributed by atoms with Gasteiger partial charge in [0.15, 0.2) is 0 Å². The molecule has 1 aromatic carbocycles. The molecule has 0 bridgehead atoms. The number of hydrogen-bond donors (Lipinski definition) is 1. The normalized spacial score (nSPS) is 12.3. The van der Waals surface area contributed by atoms with Crippen molar-refractivity contribution in [2.75, 3.05) is 6.61 Å². The van der Waals surface area contributed by atoms with Gasteiger partial charge in [-0.1, -0.05) is 24.6 Å². The van der Waals surface area contributed by atoms with Crippen LogP contribution in [-0.4, -0.2) is 12.6 Å². The first-order chi connectivity index (χ1) is 9.67. The zero-order chi connectivity index (χ0) is 14.4. The third-order valence-electron chi connectivity index (χ3n) is 3.21. The van der Waals surface area contributed by atoms with Crippen LogP contribution in [0.2, 0.25) is 0 Å². The van der Waals surface area contributed by atoms with E-state index in [4.69, 9.17) is 9.15 Å². The molecule has 1 unspecified atom stereocenters. The van der Waals surface area contributed by atoms with Crippen molar-refractivity contribution in [3.8, 4) is 5.75 Å². The van der Waals surface area contributed by atoms with Gasteiger partial charge in [-0.3, -0.25) is 0 Å². The zero-order valence-electron chi connectivity index (χ0n) is 12.5. The molecule has 0 amide bonds. The summed E-state index contributed by atoms with van der Waals surface area (Å²) in [6.45, 7) is 7.65. The summed E-state index contributed by atoms with van der Waals surface area (Å²) in [5, 5.41) is 3.40. The molecule has 3 nitrogen and oxygen atoms in total. The van der Waals surface area contributed by atoms with Crippen LogP contribution in [0.1, 0.15) is 30.9 Å². The third-order valence-corrected chi connectivity index (χ3v) is 3.21. The standard InChI is InChI=1S/C17H23NO2/c1-4-15-9-10-17(20-15)11-18-14(3)12-19-16-7-5-13(2)6-8-16/h5-10,14,18H,4,11-12H2,1-3H3. The predicted molar refractivity (Wildman–Crippen MR) is 81.1 cm³/mol. The molecule has 0 saturated carbocycles. The molecule has 0 aliphatic carbocycles. The fourth-order valence-electron chi connectivity index (χ4n) is 1.90. The maximum Gasteiger partial charge on any atom is 0.119 e. The molecule has 1 heterocycles. The van der Waals surface area contributed by atoms with Crippen LogP contribution in [-0.2, 0) is 13.0 Å². The minimum atomic E-state index is 0.270. The minimum absolute atomic E-state index is 0.270. The maximum atomic E-state index is 5.74. The van der Waals surface area contributed by atoms with Gasteiger partial charge < -0.3 is 14.5 Å². The highest BCUT2D eigenvalue weighted by Gasteiger charge is 2.05. The van der Waals surface area contributed by atoms with Gasteiger partial charge in [0, 0.05) is 12.5 Å². The second-order valence-electron chi connectivity index (χ2n) is 5.13. The van der Waals surface area contributed by atoms with Gasteiger partial charge in [-0.2, -0.15) is 0 Å². The van der Waals surface area contributed by atoms with Crippen molar-refractivity contribution in [1.82, 2.24) is 5.32 Å². The zero-order valence-corrected chi connectivity index (χ0v) is 12.5. The number of benzene rings is 1.